The molecule has 1 aromatic carbocycles. The SMILES string of the molecule is CCN(CC)CCCC(C)NC(=NC)NCCc1nc2ccccc2[nH]1.I. The molecule has 0 amide bonds. The van der Waals surface area contributed by atoms with Gasteiger partial charge in [0.1, 0.15) is 5.82 Å². The topological polar surface area (TPSA) is 68.3 Å². The number of aromatic amines is 1. The van der Waals surface area contributed by atoms with Crippen molar-refractivity contribution in [2.24, 2.45) is 4.99 Å². The lowest BCUT2D eigenvalue weighted by molar-refractivity contribution is 0.292. The van der Waals surface area contributed by atoms with Gasteiger partial charge in [0.15, 0.2) is 5.96 Å². The van der Waals surface area contributed by atoms with Gasteiger partial charge >= 0.3 is 0 Å². The van der Waals surface area contributed by atoms with Crippen LogP contribution in [0.1, 0.15) is 39.4 Å². The molecule has 0 fully saturated rings. The molecule has 0 aliphatic rings. The van der Waals surface area contributed by atoms with Crippen LogP contribution in [-0.4, -0.2) is 60.1 Å². The molecular weight excluding hydrogens is 451 g/mol. The standard InChI is InChI=1S/C20H34N6.HI/c1-5-26(6-2)15-9-10-16(3)23-20(21-4)22-14-13-19-24-17-11-7-8-12-18(17)25-19;/h7-8,11-12,16H,5-6,9-10,13-15H2,1-4H3,(H,24,25)(H2,21,22,23);1H. The lowest BCUT2D eigenvalue weighted by Gasteiger charge is -2.21. The average molecular weight is 486 g/mol. The van der Waals surface area contributed by atoms with Gasteiger partial charge in [-0.2, -0.15) is 0 Å². The van der Waals surface area contributed by atoms with Crippen LogP contribution in [0.25, 0.3) is 11.0 Å². The minimum Gasteiger partial charge on any atom is -0.356 e. The zero-order valence-corrected chi connectivity index (χ0v) is 19.4. The molecule has 0 radical (unpaired) electrons. The molecule has 0 saturated carbocycles. The van der Waals surface area contributed by atoms with Gasteiger partial charge in [0.05, 0.1) is 11.0 Å². The van der Waals surface area contributed by atoms with E-state index in [0.29, 0.717) is 6.04 Å². The monoisotopic (exact) mass is 486 g/mol. The predicted molar refractivity (Wildman–Crippen MR) is 126 cm³/mol. The van der Waals surface area contributed by atoms with E-state index in [-0.39, 0.29) is 24.0 Å². The number of benzene rings is 1. The van der Waals surface area contributed by atoms with Gasteiger partial charge in [0, 0.05) is 26.1 Å². The number of nitrogens with one attached hydrogen (secondary N) is 3. The predicted octanol–water partition coefficient (Wildman–Crippen LogP) is 3.40. The van der Waals surface area contributed by atoms with Gasteiger partial charge in [-0.25, -0.2) is 4.98 Å². The van der Waals surface area contributed by atoms with Crippen LogP contribution in [0.3, 0.4) is 0 Å². The Labute approximate surface area is 180 Å². The number of fused-ring (bicyclic) bond motifs is 1. The summed E-state index contributed by atoms with van der Waals surface area (Å²) in [5, 5.41) is 6.86. The molecule has 2 rings (SSSR count). The molecule has 27 heavy (non-hydrogen) atoms. The largest absolute Gasteiger partial charge is 0.356 e. The highest BCUT2D eigenvalue weighted by Gasteiger charge is 2.07. The summed E-state index contributed by atoms with van der Waals surface area (Å²) in [6.45, 7) is 10.9. The molecule has 7 heteroatoms. The third kappa shape index (κ3) is 8.04. The summed E-state index contributed by atoms with van der Waals surface area (Å²) in [6, 6.07) is 8.53. The van der Waals surface area contributed by atoms with Crippen molar-refractivity contribution in [3.8, 4) is 0 Å². The maximum absolute atomic E-state index is 4.61. The van der Waals surface area contributed by atoms with E-state index in [1.807, 2.05) is 25.2 Å². The van der Waals surface area contributed by atoms with Crippen LogP contribution < -0.4 is 10.6 Å². The number of guanidine groups is 1. The third-order valence-corrected chi connectivity index (χ3v) is 4.71. The molecule has 3 N–H and O–H groups in total. The van der Waals surface area contributed by atoms with Gasteiger partial charge in [0.2, 0.25) is 0 Å². The third-order valence-electron chi connectivity index (χ3n) is 4.71. The van der Waals surface area contributed by atoms with Gasteiger partial charge in [-0.15, -0.1) is 24.0 Å². The van der Waals surface area contributed by atoms with E-state index in [4.69, 9.17) is 0 Å². The van der Waals surface area contributed by atoms with Crippen molar-refractivity contribution in [2.45, 2.75) is 46.1 Å². The normalized spacial score (nSPS) is 12.9. The number of para-hydroxylation sites is 2. The number of aliphatic imine (C=N–C) groups is 1. The number of rotatable bonds is 10. The number of hydrogen-bond donors (Lipinski definition) is 3. The molecule has 2 aromatic rings. The zero-order valence-electron chi connectivity index (χ0n) is 17.1. The molecular formula is C20H35IN6. The summed E-state index contributed by atoms with van der Waals surface area (Å²) in [5.41, 5.74) is 2.11. The number of nitrogens with zero attached hydrogens (tertiary/aromatic N) is 3. The van der Waals surface area contributed by atoms with Crippen molar-refractivity contribution < 1.29 is 0 Å². The van der Waals surface area contributed by atoms with Crippen LogP contribution in [0.5, 0.6) is 0 Å². The lowest BCUT2D eigenvalue weighted by atomic mass is 10.2. The van der Waals surface area contributed by atoms with Crippen molar-refractivity contribution >= 4 is 41.0 Å². The van der Waals surface area contributed by atoms with Gasteiger partial charge < -0.3 is 20.5 Å². The number of halogens is 1. The fourth-order valence-corrected chi connectivity index (χ4v) is 3.08. The van der Waals surface area contributed by atoms with Crippen LogP contribution in [0.15, 0.2) is 29.3 Å². The first-order valence-electron chi connectivity index (χ1n) is 9.79. The molecule has 1 aromatic heterocycles. The summed E-state index contributed by atoms with van der Waals surface area (Å²) in [5.74, 6) is 1.86. The first-order valence-corrected chi connectivity index (χ1v) is 9.79. The maximum Gasteiger partial charge on any atom is 0.191 e. The van der Waals surface area contributed by atoms with Crippen molar-refractivity contribution in [1.29, 1.82) is 0 Å². The van der Waals surface area contributed by atoms with E-state index in [2.05, 4.69) is 57.3 Å². The van der Waals surface area contributed by atoms with Crippen molar-refractivity contribution in [2.75, 3.05) is 33.2 Å². The first-order chi connectivity index (χ1) is 12.7. The minimum atomic E-state index is 0. The molecule has 0 bridgehead atoms. The second-order valence-electron chi connectivity index (χ2n) is 6.66. The Balaban J connectivity index is 0.00000364. The Morgan fingerprint density at radius 2 is 2.00 bits per heavy atom. The number of hydrogen-bond acceptors (Lipinski definition) is 3. The Morgan fingerprint density at radius 1 is 1.26 bits per heavy atom. The molecule has 0 aliphatic heterocycles. The number of aromatic nitrogens is 2. The highest BCUT2D eigenvalue weighted by molar-refractivity contribution is 14.0. The maximum atomic E-state index is 4.61. The van der Waals surface area contributed by atoms with Crippen LogP contribution >= 0.6 is 24.0 Å². The summed E-state index contributed by atoms with van der Waals surface area (Å²) in [6.07, 6.45) is 3.18. The molecule has 152 valence electrons. The van der Waals surface area contributed by atoms with Gasteiger partial charge in [0.25, 0.3) is 0 Å². The van der Waals surface area contributed by atoms with Gasteiger partial charge in [-0.3, -0.25) is 4.99 Å². The molecule has 1 heterocycles. The Bertz CT molecular complexity index is 647. The number of H-pyrrole nitrogens is 1. The van der Waals surface area contributed by atoms with Crippen LogP contribution in [0.4, 0.5) is 0 Å². The molecule has 1 unspecified atom stereocenters. The van der Waals surface area contributed by atoms with E-state index >= 15 is 0 Å². The molecule has 1 atom stereocenters. The minimum absolute atomic E-state index is 0. The lowest BCUT2D eigenvalue weighted by Crippen LogP contribution is -2.43. The van der Waals surface area contributed by atoms with E-state index < -0.39 is 0 Å². The smallest absolute Gasteiger partial charge is 0.191 e. The Kier molecular flexibility index (Phi) is 11.3. The van der Waals surface area contributed by atoms with Gasteiger partial charge in [-0.1, -0.05) is 26.0 Å². The van der Waals surface area contributed by atoms with Crippen LogP contribution in [0, 0.1) is 0 Å². The second kappa shape index (κ2) is 12.9. The molecule has 6 nitrogen and oxygen atoms in total. The molecule has 0 spiro atoms. The van der Waals surface area contributed by atoms with E-state index in [9.17, 15) is 0 Å². The highest BCUT2D eigenvalue weighted by atomic mass is 127. The first kappa shape index (κ1) is 23.7. The molecule has 0 aliphatic carbocycles. The molecule has 0 saturated heterocycles. The summed E-state index contributed by atoms with van der Waals surface area (Å²) < 4.78 is 0. The fourth-order valence-electron chi connectivity index (χ4n) is 3.08. The fraction of sp³-hybridized carbons (Fsp3) is 0.600. The van der Waals surface area contributed by atoms with Crippen molar-refractivity contribution in [3.63, 3.8) is 0 Å². The highest BCUT2D eigenvalue weighted by Crippen LogP contribution is 2.10. The Morgan fingerprint density at radius 3 is 2.67 bits per heavy atom. The zero-order chi connectivity index (χ0) is 18.8. The average Bonchev–Trinajstić information content (AvgIpc) is 3.07. The number of imidazole rings is 1. The summed E-state index contributed by atoms with van der Waals surface area (Å²) in [4.78, 5) is 14.8. The van der Waals surface area contributed by atoms with Crippen LogP contribution in [0.2, 0.25) is 0 Å². The van der Waals surface area contributed by atoms with Crippen LogP contribution in [-0.2, 0) is 6.42 Å². The van der Waals surface area contributed by atoms with E-state index in [1.165, 1.54) is 6.42 Å². The van der Waals surface area contributed by atoms with Gasteiger partial charge in [-0.05, 0) is 51.5 Å². The summed E-state index contributed by atoms with van der Waals surface area (Å²) >= 11 is 0. The Hall–Kier alpha value is -1.35. The van der Waals surface area contributed by atoms with E-state index in [0.717, 1.165) is 61.8 Å². The second-order valence-corrected chi connectivity index (χ2v) is 6.66. The van der Waals surface area contributed by atoms with Crippen molar-refractivity contribution in [3.05, 3.63) is 30.1 Å². The van der Waals surface area contributed by atoms with Crippen molar-refractivity contribution in [1.82, 2.24) is 25.5 Å². The quantitative estimate of drug-likeness (QED) is 0.274. The van der Waals surface area contributed by atoms with E-state index in [1.54, 1.807) is 0 Å². The summed E-state index contributed by atoms with van der Waals surface area (Å²) in [7, 11) is 1.82.